The monoisotopic (exact) mass is 299 g/mol. The Kier molecular flexibility index (Phi) is 4.28. The molecule has 6 nitrogen and oxygen atoms in total. The van der Waals surface area contributed by atoms with Crippen molar-refractivity contribution in [3.05, 3.63) is 24.0 Å². The Morgan fingerprint density at radius 1 is 1.45 bits per heavy atom. The maximum atomic E-state index is 13.7. The van der Waals surface area contributed by atoms with E-state index < -0.39 is 17.7 Å². The smallest absolute Gasteiger partial charge is 0.227 e. The highest BCUT2D eigenvalue weighted by Gasteiger charge is 2.17. The van der Waals surface area contributed by atoms with Crippen LogP contribution < -0.4 is 5.73 Å². The van der Waals surface area contributed by atoms with E-state index in [4.69, 9.17) is 5.73 Å². The predicted molar refractivity (Wildman–Crippen MR) is 68.8 cm³/mol. The second kappa shape index (κ2) is 5.95. The third-order valence-electron chi connectivity index (χ3n) is 2.44. The van der Waals surface area contributed by atoms with Crippen LogP contribution in [0.15, 0.2) is 17.4 Å². The largest absolute Gasteiger partial charge is 0.369 e. The van der Waals surface area contributed by atoms with Gasteiger partial charge in [0.05, 0.1) is 17.5 Å². The lowest BCUT2D eigenvalue weighted by Gasteiger charge is -2.07. The first-order valence-electron chi connectivity index (χ1n) is 5.68. The molecule has 0 spiro atoms. The lowest BCUT2D eigenvalue weighted by atomic mass is 10.2. The van der Waals surface area contributed by atoms with Crippen LogP contribution in [0.4, 0.5) is 8.78 Å². The number of nitrogens with two attached hydrogens (primary N) is 1. The topological polar surface area (TPSA) is 86.7 Å². The summed E-state index contributed by atoms with van der Waals surface area (Å²) in [6, 6.07) is 0.952. The van der Waals surface area contributed by atoms with Crippen molar-refractivity contribution in [1.29, 1.82) is 0 Å². The highest BCUT2D eigenvalue weighted by Crippen LogP contribution is 2.25. The minimum Gasteiger partial charge on any atom is -0.369 e. The fraction of sp³-hybridized carbons (Fsp3) is 0.273. The van der Waals surface area contributed by atoms with Gasteiger partial charge in [0.1, 0.15) is 0 Å². The summed E-state index contributed by atoms with van der Waals surface area (Å²) in [5, 5.41) is 8.12. The van der Waals surface area contributed by atoms with Crippen molar-refractivity contribution in [3.63, 3.8) is 0 Å². The van der Waals surface area contributed by atoms with Crippen LogP contribution in [0.3, 0.4) is 0 Å². The minimum absolute atomic E-state index is 0.0298. The molecule has 0 saturated heterocycles. The van der Waals surface area contributed by atoms with Crippen LogP contribution >= 0.6 is 11.8 Å². The third-order valence-corrected chi connectivity index (χ3v) is 3.43. The molecule has 0 radical (unpaired) electrons. The molecule has 20 heavy (non-hydrogen) atoms. The fourth-order valence-electron chi connectivity index (χ4n) is 1.60. The average molecular weight is 299 g/mol. The number of carbonyl (C=O) groups is 1. The summed E-state index contributed by atoms with van der Waals surface area (Å²) in [6.07, 6.45) is 0.787. The number of thioether (sulfide) groups is 1. The quantitative estimate of drug-likeness (QED) is 0.662. The Bertz CT molecular complexity index is 646. The first kappa shape index (κ1) is 14.4. The predicted octanol–water partition coefficient (Wildman–Crippen LogP) is 1.22. The van der Waals surface area contributed by atoms with E-state index in [1.807, 2.05) is 0 Å². The van der Waals surface area contributed by atoms with E-state index in [9.17, 15) is 13.6 Å². The summed E-state index contributed by atoms with van der Waals surface area (Å²) in [4.78, 5) is 14.0. The number of hydrogen-bond donors (Lipinski definition) is 1. The van der Waals surface area contributed by atoms with Gasteiger partial charge in [0.25, 0.3) is 0 Å². The second-order valence-corrected chi connectivity index (χ2v) is 4.73. The van der Waals surface area contributed by atoms with Crippen molar-refractivity contribution in [3.8, 4) is 11.4 Å². The summed E-state index contributed by atoms with van der Waals surface area (Å²) in [5.41, 5.74) is 5.03. The Morgan fingerprint density at radius 2 is 2.20 bits per heavy atom. The maximum Gasteiger partial charge on any atom is 0.227 e. The Balaban J connectivity index is 2.42. The Labute approximate surface area is 117 Å². The Morgan fingerprint density at radius 3 is 2.85 bits per heavy atom. The number of rotatable bonds is 5. The molecule has 0 aliphatic rings. The number of halogens is 2. The zero-order valence-corrected chi connectivity index (χ0v) is 11.3. The first-order valence-corrected chi connectivity index (χ1v) is 6.67. The van der Waals surface area contributed by atoms with Crippen molar-refractivity contribution >= 4 is 17.7 Å². The number of carbonyl (C=O) groups excluding carboxylic acids is 1. The molecule has 0 saturated carbocycles. The molecule has 2 aromatic heterocycles. The second-order valence-electron chi connectivity index (χ2n) is 3.79. The molecule has 0 fully saturated rings. The van der Waals surface area contributed by atoms with Crippen LogP contribution in [0.25, 0.3) is 11.4 Å². The number of hydrogen-bond acceptors (Lipinski definition) is 5. The summed E-state index contributed by atoms with van der Waals surface area (Å²) >= 11 is 1.09. The third kappa shape index (κ3) is 2.93. The van der Waals surface area contributed by atoms with Crippen LogP contribution in [-0.4, -0.2) is 31.4 Å². The number of nitrogens with zero attached hydrogens (tertiary/aromatic N) is 4. The van der Waals surface area contributed by atoms with Gasteiger partial charge >= 0.3 is 0 Å². The zero-order chi connectivity index (χ0) is 14.7. The number of amides is 1. The van der Waals surface area contributed by atoms with E-state index in [-0.39, 0.29) is 17.1 Å². The van der Waals surface area contributed by atoms with Gasteiger partial charge in [-0.15, -0.1) is 10.2 Å². The van der Waals surface area contributed by atoms with Crippen LogP contribution in [0.5, 0.6) is 0 Å². The van der Waals surface area contributed by atoms with Gasteiger partial charge in [-0.3, -0.25) is 4.79 Å². The van der Waals surface area contributed by atoms with Crippen molar-refractivity contribution in [2.75, 3.05) is 5.75 Å². The van der Waals surface area contributed by atoms with E-state index >= 15 is 0 Å². The van der Waals surface area contributed by atoms with Gasteiger partial charge in [-0.1, -0.05) is 11.8 Å². The molecule has 1 amide bonds. The van der Waals surface area contributed by atoms with Gasteiger partial charge in [0.15, 0.2) is 16.8 Å². The molecule has 2 aromatic rings. The molecule has 2 heterocycles. The zero-order valence-electron chi connectivity index (χ0n) is 10.5. The normalized spacial score (nSPS) is 10.8. The summed E-state index contributed by atoms with van der Waals surface area (Å²) in [7, 11) is 0. The molecule has 2 N–H and O–H groups in total. The molecule has 0 aromatic carbocycles. The van der Waals surface area contributed by atoms with E-state index in [0.717, 1.165) is 24.0 Å². The van der Waals surface area contributed by atoms with E-state index in [1.165, 1.54) is 0 Å². The highest BCUT2D eigenvalue weighted by molar-refractivity contribution is 7.99. The van der Waals surface area contributed by atoms with Crippen molar-refractivity contribution in [1.82, 2.24) is 19.7 Å². The number of aromatic nitrogens is 4. The summed E-state index contributed by atoms with van der Waals surface area (Å²) < 4.78 is 28.4. The summed E-state index contributed by atoms with van der Waals surface area (Å²) in [5.74, 6) is -1.79. The van der Waals surface area contributed by atoms with Gasteiger partial charge < -0.3 is 10.3 Å². The van der Waals surface area contributed by atoms with Crippen molar-refractivity contribution in [2.24, 2.45) is 5.73 Å². The fourth-order valence-corrected chi connectivity index (χ4v) is 2.34. The molecule has 9 heteroatoms. The minimum atomic E-state index is -0.807. The summed E-state index contributed by atoms with van der Waals surface area (Å²) in [6.45, 7) is 2.24. The molecule has 106 valence electrons. The SMILES string of the molecule is CCn1c(SCC(N)=O)nnc1-c1cc(F)ncc1F. The highest BCUT2D eigenvalue weighted by atomic mass is 32.2. The molecule has 0 atom stereocenters. The molecule has 0 unspecified atom stereocenters. The lowest BCUT2D eigenvalue weighted by molar-refractivity contribution is -0.115. The van der Waals surface area contributed by atoms with Crippen LogP contribution in [0.2, 0.25) is 0 Å². The van der Waals surface area contributed by atoms with Crippen LogP contribution in [0.1, 0.15) is 6.92 Å². The lowest BCUT2D eigenvalue weighted by Crippen LogP contribution is -2.13. The maximum absolute atomic E-state index is 13.7. The van der Waals surface area contributed by atoms with Gasteiger partial charge in [-0.25, -0.2) is 9.37 Å². The molecule has 0 bridgehead atoms. The van der Waals surface area contributed by atoms with E-state index in [1.54, 1.807) is 11.5 Å². The van der Waals surface area contributed by atoms with Gasteiger partial charge in [0.2, 0.25) is 11.9 Å². The number of pyridine rings is 1. The molecule has 0 aliphatic carbocycles. The molecular formula is C11H11F2N5OS. The standard InChI is InChI=1S/C11H11F2N5OS/c1-2-18-10(6-3-8(13)15-4-7(6)12)16-17-11(18)20-5-9(14)19/h3-4H,2,5H2,1H3,(H2,14,19). The number of primary amides is 1. The first-order chi connectivity index (χ1) is 9.52. The van der Waals surface area contributed by atoms with Crippen LogP contribution in [-0.2, 0) is 11.3 Å². The molecule has 0 aliphatic heterocycles. The van der Waals surface area contributed by atoms with Crippen molar-refractivity contribution in [2.45, 2.75) is 18.6 Å². The van der Waals surface area contributed by atoms with Gasteiger partial charge in [0, 0.05) is 12.6 Å². The van der Waals surface area contributed by atoms with Crippen LogP contribution in [0, 0.1) is 11.8 Å². The Hall–Kier alpha value is -2.03. The van der Waals surface area contributed by atoms with Crippen molar-refractivity contribution < 1.29 is 13.6 Å². The average Bonchev–Trinajstić information content (AvgIpc) is 2.81. The van der Waals surface area contributed by atoms with E-state index in [0.29, 0.717) is 11.7 Å². The van der Waals surface area contributed by atoms with Gasteiger partial charge in [-0.05, 0) is 6.92 Å². The molecular weight excluding hydrogens is 288 g/mol. The molecule has 2 rings (SSSR count). The van der Waals surface area contributed by atoms with E-state index in [2.05, 4.69) is 15.2 Å². The van der Waals surface area contributed by atoms with Gasteiger partial charge in [-0.2, -0.15) is 4.39 Å².